The Kier molecular flexibility index (Phi) is 5.05. The minimum Gasteiger partial charge on any atom is -0.318 e. The van der Waals surface area contributed by atoms with Crippen LogP contribution in [-0.2, 0) is 0 Å². The molecule has 124 valence electrons. The Morgan fingerprint density at radius 1 is 1.12 bits per heavy atom. The molecule has 0 fully saturated rings. The van der Waals surface area contributed by atoms with Gasteiger partial charge < -0.3 is 4.57 Å². The summed E-state index contributed by atoms with van der Waals surface area (Å²) >= 11 is 2.28. The smallest absolute Gasteiger partial charge is 0.131 e. The minimum absolute atomic E-state index is 0.320. The van der Waals surface area contributed by atoms with E-state index < -0.39 is 0 Å². The highest BCUT2D eigenvalue weighted by Gasteiger charge is 2.12. The molecule has 0 spiro atoms. The van der Waals surface area contributed by atoms with Crippen LogP contribution in [0.4, 0.5) is 4.39 Å². The van der Waals surface area contributed by atoms with Gasteiger partial charge in [-0.05, 0) is 84.5 Å². The van der Waals surface area contributed by atoms with Gasteiger partial charge in [-0.15, -0.1) is 0 Å². The van der Waals surface area contributed by atoms with Gasteiger partial charge >= 0.3 is 0 Å². The van der Waals surface area contributed by atoms with E-state index in [1.807, 2.05) is 19.9 Å². The van der Waals surface area contributed by atoms with E-state index in [2.05, 4.69) is 57.5 Å². The zero-order chi connectivity index (χ0) is 18.0. The molecule has 3 rings (SSSR count). The number of rotatable bonds is 3. The average Bonchev–Trinajstić information content (AvgIpc) is 2.88. The van der Waals surface area contributed by atoms with E-state index in [1.54, 1.807) is 24.3 Å². The molecule has 2 nitrogen and oxygen atoms in total. The number of benzene rings is 2. The van der Waals surface area contributed by atoms with Crippen molar-refractivity contribution in [2.45, 2.75) is 13.8 Å². The van der Waals surface area contributed by atoms with Crippen molar-refractivity contribution in [3.8, 4) is 11.8 Å². The predicted molar refractivity (Wildman–Crippen MR) is 108 cm³/mol. The molecule has 0 saturated heterocycles. The molecule has 0 bridgehead atoms. The molecule has 0 radical (unpaired) electrons. The first-order valence-electron chi connectivity index (χ1n) is 7.83. The molecule has 25 heavy (non-hydrogen) atoms. The monoisotopic (exact) mass is 442 g/mol. The summed E-state index contributed by atoms with van der Waals surface area (Å²) in [5, 5.41) is 9.49. The third-order valence-corrected chi connectivity index (χ3v) is 4.86. The number of halogens is 2. The molecule has 0 N–H and O–H groups in total. The molecule has 0 amide bonds. The zero-order valence-electron chi connectivity index (χ0n) is 13.9. The summed E-state index contributed by atoms with van der Waals surface area (Å²) in [6.07, 6.45) is 1.75. The number of nitriles is 1. The van der Waals surface area contributed by atoms with Crippen molar-refractivity contribution < 1.29 is 4.39 Å². The molecule has 2 aromatic carbocycles. The first kappa shape index (κ1) is 17.4. The van der Waals surface area contributed by atoms with Gasteiger partial charge in [-0.2, -0.15) is 5.26 Å². The van der Waals surface area contributed by atoms with Gasteiger partial charge in [0, 0.05) is 26.2 Å². The van der Waals surface area contributed by atoms with E-state index in [0.29, 0.717) is 11.1 Å². The molecule has 4 heteroatoms. The Bertz CT molecular complexity index is 992. The van der Waals surface area contributed by atoms with Crippen molar-refractivity contribution in [1.29, 1.82) is 5.26 Å². The van der Waals surface area contributed by atoms with Crippen molar-refractivity contribution >= 4 is 34.2 Å². The molecule has 0 unspecified atom stereocenters. The van der Waals surface area contributed by atoms with Crippen molar-refractivity contribution in [3.05, 3.63) is 86.5 Å². The van der Waals surface area contributed by atoms with Gasteiger partial charge in [-0.3, -0.25) is 0 Å². The first-order valence-corrected chi connectivity index (χ1v) is 8.90. The second-order valence-electron chi connectivity index (χ2n) is 5.79. The Morgan fingerprint density at radius 3 is 2.44 bits per heavy atom. The summed E-state index contributed by atoms with van der Waals surface area (Å²) in [5.74, 6) is -0.387. The van der Waals surface area contributed by atoms with Crippen LogP contribution in [0.3, 0.4) is 0 Å². The average molecular weight is 442 g/mol. The van der Waals surface area contributed by atoms with Crippen LogP contribution in [0.25, 0.3) is 17.3 Å². The van der Waals surface area contributed by atoms with E-state index in [-0.39, 0.29) is 5.82 Å². The molecule has 1 aromatic heterocycles. The second kappa shape index (κ2) is 7.24. The lowest BCUT2D eigenvalue weighted by atomic mass is 10.0. The van der Waals surface area contributed by atoms with E-state index in [1.165, 1.54) is 9.64 Å². The van der Waals surface area contributed by atoms with Crippen LogP contribution in [0.1, 0.15) is 22.5 Å². The van der Waals surface area contributed by atoms with Crippen LogP contribution in [0, 0.1) is 34.6 Å². The SMILES string of the molecule is Cc1cc(C=C(C#N)c2ccccc2F)c(C)n1-c1ccc(I)cc1. The zero-order valence-corrected chi connectivity index (χ0v) is 16.1. The summed E-state index contributed by atoms with van der Waals surface area (Å²) in [6, 6.07) is 18.7. The third kappa shape index (κ3) is 3.52. The third-order valence-electron chi connectivity index (χ3n) is 4.14. The van der Waals surface area contributed by atoms with E-state index in [4.69, 9.17) is 0 Å². The maximum atomic E-state index is 14.0. The van der Waals surface area contributed by atoms with Crippen molar-refractivity contribution in [2.75, 3.05) is 0 Å². The van der Waals surface area contributed by atoms with Gasteiger partial charge in [-0.25, -0.2) is 4.39 Å². The molecule has 0 aliphatic rings. The van der Waals surface area contributed by atoms with Gasteiger partial charge in [0.15, 0.2) is 0 Å². The van der Waals surface area contributed by atoms with Gasteiger partial charge in [0.05, 0.1) is 11.6 Å². The van der Waals surface area contributed by atoms with Crippen LogP contribution in [0.15, 0.2) is 54.6 Å². The summed E-state index contributed by atoms with van der Waals surface area (Å²) in [6.45, 7) is 4.03. The molecule has 0 saturated carbocycles. The standard InChI is InChI=1S/C21H16FIN2/c1-14-11-16(12-17(13-24)20-5-3-4-6-21(20)22)15(2)25(14)19-9-7-18(23)8-10-19/h3-12H,1-2H3. The van der Waals surface area contributed by atoms with Crippen LogP contribution in [0.2, 0.25) is 0 Å². The maximum absolute atomic E-state index is 14.0. The van der Waals surface area contributed by atoms with E-state index in [0.717, 1.165) is 22.6 Å². The molecule has 1 heterocycles. The molecule has 3 aromatic rings. The van der Waals surface area contributed by atoms with Crippen molar-refractivity contribution in [3.63, 3.8) is 0 Å². The Hall–Kier alpha value is -2.39. The quantitative estimate of drug-likeness (QED) is 0.367. The number of allylic oxidation sites excluding steroid dienone is 1. The second-order valence-corrected chi connectivity index (χ2v) is 7.03. The number of aryl methyl sites for hydroxylation is 1. The maximum Gasteiger partial charge on any atom is 0.131 e. The fourth-order valence-corrected chi connectivity index (χ4v) is 3.29. The van der Waals surface area contributed by atoms with E-state index >= 15 is 0 Å². The highest BCUT2D eigenvalue weighted by atomic mass is 127. The summed E-state index contributed by atoms with van der Waals surface area (Å²) in [4.78, 5) is 0. The van der Waals surface area contributed by atoms with Gasteiger partial charge in [-0.1, -0.05) is 18.2 Å². The van der Waals surface area contributed by atoms with Gasteiger partial charge in [0.25, 0.3) is 0 Å². The van der Waals surface area contributed by atoms with Crippen LogP contribution >= 0.6 is 22.6 Å². The lowest BCUT2D eigenvalue weighted by molar-refractivity contribution is 0.624. The number of hydrogen-bond donors (Lipinski definition) is 0. The van der Waals surface area contributed by atoms with Crippen LogP contribution < -0.4 is 0 Å². The van der Waals surface area contributed by atoms with Crippen LogP contribution in [-0.4, -0.2) is 4.57 Å². The highest BCUT2D eigenvalue weighted by molar-refractivity contribution is 14.1. The molecule has 0 aliphatic heterocycles. The van der Waals surface area contributed by atoms with Crippen molar-refractivity contribution in [2.24, 2.45) is 0 Å². The minimum atomic E-state index is -0.387. The van der Waals surface area contributed by atoms with Crippen LogP contribution in [0.5, 0.6) is 0 Å². The Labute approximate surface area is 160 Å². The molecular weight excluding hydrogens is 426 g/mol. The number of aromatic nitrogens is 1. The van der Waals surface area contributed by atoms with Gasteiger partial charge in [0.2, 0.25) is 0 Å². The van der Waals surface area contributed by atoms with E-state index in [9.17, 15) is 9.65 Å². The molecule has 0 atom stereocenters. The predicted octanol–water partition coefficient (Wildman–Crippen LogP) is 5.90. The number of hydrogen-bond acceptors (Lipinski definition) is 1. The largest absolute Gasteiger partial charge is 0.318 e. The Morgan fingerprint density at radius 2 is 1.80 bits per heavy atom. The number of nitrogens with zero attached hydrogens (tertiary/aromatic N) is 2. The Balaban J connectivity index is 2.10. The highest BCUT2D eigenvalue weighted by Crippen LogP contribution is 2.26. The normalized spacial score (nSPS) is 11.4. The fourth-order valence-electron chi connectivity index (χ4n) is 2.93. The van der Waals surface area contributed by atoms with Gasteiger partial charge in [0.1, 0.15) is 5.82 Å². The molecular formula is C21H16FIN2. The first-order chi connectivity index (χ1) is 12.0. The fraction of sp³-hybridized carbons (Fsp3) is 0.0952. The lowest BCUT2D eigenvalue weighted by Crippen LogP contribution is -1.99. The summed E-state index contributed by atoms with van der Waals surface area (Å²) in [7, 11) is 0. The lowest BCUT2D eigenvalue weighted by Gasteiger charge is -2.09. The summed E-state index contributed by atoms with van der Waals surface area (Å²) < 4.78 is 17.3. The van der Waals surface area contributed by atoms with Crippen molar-refractivity contribution in [1.82, 2.24) is 4.57 Å². The summed E-state index contributed by atoms with van der Waals surface area (Å²) in [5.41, 5.74) is 4.71. The topological polar surface area (TPSA) is 28.7 Å². The molecule has 0 aliphatic carbocycles.